The molecule has 3 heteroatoms. The molecule has 0 aliphatic carbocycles. The van der Waals surface area contributed by atoms with Crippen LogP contribution in [0.15, 0.2) is 24.3 Å². The fourth-order valence-electron chi connectivity index (χ4n) is 1.91. The van der Waals surface area contributed by atoms with Crippen LogP contribution < -0.4 is 10.1 Å². The molecule has 1 saturated heterocycles. The Hall–Kier alpha value is -1.06. The minimum atomic E-state index is 0.700. The van der Waals surface area contributed by atoms with Crippen molar-refractivity contribution in [2.24, 2.45) is 0 Å². The van der Waals surface area contributed by atoms with Crippen molar-refractivity contribution in [1.82, 2.24) is 10.2 Å². The number of hydrogen-bond acceptors (Lipinski definition) is 3. The number of likely N-dealkylation sites (N-methyl/N-ethyl adjacent to an activating group) is 1. The molecule has 1 aliphatic heterocycles. The molecule has 0 unspecified atom stereocenters. The summed E-state index contributed by atoms with van der Waals surface area (Å²) < 4.78 is 5.57. The van der Waals surface area contributed by atoms with Gasteiger partial charge in [0, 0.05) is 25.7 Å². The fraction of sp³-hybridized carbons (Fsp3) is 0.571. The van der Waals surface area contributed by atoms with Crippen molar-refractivity contribution in [1.29, 1.82) is 0 Å². The van der Waals surface area contributed by atoms with Crippen molar-refractivity contribution in [3.05, 3.63) is 29.8 Å². The first kappa shape index (κ1) is 12.4. The quantitative estimate of drug-likeness (QED) is 0.813. The second kappa shape index (κ2) is 6.03. The van der Waals surface area contributed by atoms with E-state index in [0.29, 0.717) is 6.04 Å². The summed E-state index contributed by atoms with van der Waals surface area (Å²) in [5.74, 6) is 0.976. The van der Waals surface area contributed by atoms with Crippen LogP contribution in [0.2, 0.25) is 0 Å². The topological polar surface area (TPSA) is 24.5 Å². The number of ether oxygens (including phenoxy) is 1. The van der Waals surface area contributed by atoms with E-state index in [1.165, 1.54) is 5.56 Å². The van der Waals surface area contributed by atoms with Crippen molar-refractivity contribution in [2.45, 2.75) is 25.9 Å². The van der Waals surface area contributed by atoms with Crippen LogP contribution in [0.5, 0.6) is 5.75 Å². The van der Waals surface area contributed by atoms with Crippen LogP contribution in [-0.4, -0.2) is 37.7 Å². The molecule has 1 aliphatic rings. The van der Waals surface area contributed by atoms with Crippen LogP contribution >= 0.6 is 0 Å². The van der Waals surface area contributed by atoms with Gasteiger partial charge >= 0.3 is 0 Å². The smallest absolute Gasteiger partial charge is 0.119 e. The Balaban J connectivity index is 1.84. The average Bonchev–Trinajstić information content (AvgIpc) is 2.26. The molecule has 1 aromatic carbocycles. The van der Waals surface area contributed by atoms with Crippen LogP contribution in [-0.2, 0) is 6.54 Å². The molecular weight excluding hydrogens is 212 g/mol. The number of hydrogen-bond donors (Lipinski definition) is 1. The minimum Gasteiger partial charge on any atom is -0.494 e. The number of benzene rings is 1. The molecule has 1 N–H and O–H groups in total. The van der Waals surface area contributed by atoms with Gasteiger partial charge in [-0.15, -0.1) is 0 Å². The first-order valence-corrected chi connectivity index (χ1v) is 6.42. The molecule has 0 bridgehead atoms. The largest absolute Gasteiger partial charge is 0.494 e. The Bertz CT molecular complexity index is 333. The van der Waals surface area contributed by atoms with Gasteiger partial charge in [-0.2, -0.15) is 0 Å². The molecule has 17 heavy (non-hydrogen) atoms. The second-order valence-electron chi connectivity index (χ2n) is 4.72. The minimum absolute atomic E-state index is 0.700. The molecular formula is C14H22N2O. The van der Waals surface area contributed by atoms with Crippen LogP contribution in [0.4, 0.5) is 0 Å². The molecule has 0 amide bonds. The number of nitrogens with zero attached hydrogens (tertiary/aromatic N) is 1. The molecule has 0 saturated carbocycles. The zero-order chi connectivity index (χ0) is 12.1. The van der Waals surface area contributed by atoms with E-state index in [1.807, 2.05) is 0 Å². The summed E-state index contributed by atoms with van der Waals surface area (Å²) in [5.41, 5.74) is 1.35. The predicted molar refractivity (Wildman–Crippen MR) is 70.4 cm³/mol. The van der Waals surface area contributed by atoms with E-state index in [9.17, 15) is 0 Å². The molecule has 1 heterocycles. The lowest BCUT2D eigenvalue weighted by Gasteiger charge is -2.35. The van der Waals surface area contributed by atoms with Gasteiger partial charge in [-0.3, -0.25) is 4.90 Å². The first-order valence-electron chi connectivity index (χ1n) is 6.42. The lowest BCUT2D eigenvalue weighted by Crippen LogP contribution is -2.55. The van der Waals surface area contributed by atoms with E-state index in [2.05, 4.69) is 48.5 Å². The van der Waals surface area contributed by atoms with Crippen molar-refractivity contribution in [3.8, 4) is 5.75 Å². The lowest BCUT2D eigenvalue weighted by molar-refractivity contribution is 0.173. The molecule has 1 fully saturated rings. The van der Waals surface area contributed by atoms with E-state index < -0.39 is 0 Å². The van der Waals surface area contributed by atoms with E-state index in [4.69, 9.17) is 4.74 Å². The summed E-state index contributed by atoms with van der Waals surface area (Å²) in [6.07, 6.45) is 1.05. The molecule has 0 atom stereocenters. The van der Waals surface area contributed by atoms with E-state index >= 15 is 0 Å². The van der Waals surface area contributed by atoms with Crippen molar-refractivity contribution in [3.63, 3.8) is 0 Å². The van der Waals surface area contributed by atoms with Crippen LogP contribution in [0.1, 0.15) is 18.9 Å². The van der Waals surface area contributed by atoms with Gasteiger partial charge in [0.15, 0.2) is 0 Å². The van der Waals surface area contributed by atoms with Gasteiger partial charge in [-0.25, -0.2) is 0 Å². The third-order valence-electron chi connectivity index (χ3n) is 3.21. The van der Waals surface area contributed by atoms with Crippen LogP contribution in [0, 0.1) is 0 Å². The summed E-state index contributed by atoms with van der Waals surface area (Å²) in [7, 11) is 2.19. The maximum absolute atomic E-state index is 5.57. The highest BCUT2D eigenvalue weighted by molar-refractivity contribution is 5.27. The normalized spacial score (nSPS) is 15.9. The zero-order valence-electron chi connectivity index (χ0n) is 10.8. The number of nitrogens with one attached hydrogen (secondary N) is 1. The van der Waals surface area contributed by atoms with E-state index in [-0.39, 0.29) is 0 Å². The van der Waals surface area contributed by atoms with Gasteiger partial charge in [0.2, 0.25) is 0 Å². The van der Waals surface area contributed by atoms with Gasteiger partial charge in [0.1, 0.15) is 5.75 Å². The molecule has 94 valence electrons. The maximum atomic E-state index is 5.57. The Morgan fingerprint density at radius 3 is 2.53 bits per heavy atom. The summed E-state index contributed by atoms with van der Waals surface area (Å²) in [4.78, 5) is 2.40. The van der Waals surface area contributed by atoms with Crippen LogP contribution in [0.3, 0.4) is 0 Å². The zero-order valence-corrected chi connectivity index (χ0v) is 10.8. The van der Waals surface area contributed by atoms with E-state index in [0.717, 1.165) is 38.4 Å². The lowest BCUT2D eigenvalue weighted by atomic mass is 10.1. The molecule has 2 rings (SSSR count). The van der Waals surface area contributed by atoms with Crippen molar-refractivity contribution >= 4 is 0 Å². The van der Waals surface area contributed by atoms with Crippen molar-refractivity contribution in [2.75, 3.05) is 26.7 Å². The fourth-order valence-corrected chi connectivity index (χ4v) is 1.91. The highest BCUT2D eigenvalue weighted by atomic mass is 16.5. The molecule has 1 aromatic rings. The molecule has 0 aromatic heterocycles. The van der Waals surface area contributed by atoms with Gasteiger partial charge in [-0.1, -0.05) is 19.1 Å². The molecule has 0 spiro atoms. The summed E-state index contributed by atoms with van der Waals surface area (Å²) >= 11 is 0. The average molecular weight is 234 g/mol. The standard InChI is InChI=1S/C14H22N2O/c1-3-8-17-14-6-4-12(5-7-14)11-16(2)13-9-15-10-13/h4-7,13,15H,3,8-11H2,1-2H3. The van der Waals surface area contributed by atoms with Crippen molar-refractivity contribution < 1.29 is 4.74 Å². The SMILES string of the molecule is CCCOc1ccc(CN(C)C2CNC2)cc1. The highest BCUT2D eigenvalue weighted by Gasteiger charge is 2.20. The summed E-state index contributed by atoms with van der Waals surface area (Å²) in [5, 5.41) is 3.30. The van der Waals surface area contributed by atoms with Crippen LogP contribution in [0.25, 0.3) is 0 Å². The molecule has 3 nitrogen and oxygen atoms in total. The predicted octanol–water partition coefficient (Wildman–Crippen LogP) is 1.88. The number of rotatable bonds is 6. The Kier molecular flexibility index (Phi) is 4.40. The van der Waals surface area contributed by atoms with Gasteiger partial charge in [0.05, 0.1) is 6.61 Å². The Morgan fingerprint density at radius 2 is 2.00 bits per heavy atom. The van der Waals surface area contributed by atoms with Gasteiger partial charge in [0.25, 0.3) is 0 Å². The third kappa shape index (κ3) is 3.45. The van der Waals surface area contributed by atoms with E-state index in [1.54, 1.807) is 0 Å². The van der Waals surface area contributed by atoms with Gasteiger partial charge in [-0.05, 0) is 31.2 Å². The highest BCUT2D eigenvalue weighted by Crippen LogP contribution is 2.15. The second-order valence-corrected chi connectivity index (χ2v) is 4.72. The monoisotopic (exact) mass is 234 g/mol. The maximum Gasteiger partial charge on any atom is 0.119 e. The molecule has 0 radical (unpaired) electrons. The Labute approximate surface area is 104 Å². The summed E-state index contributed by atoms with van der Waals surface area (Å²) in [6, 6.07) is 9.16. The van der Waals surface area contributed by atoms with Gasteiger partial charge < -0.3 is 10.1 Å². The third-order valence-corrected chi connectivity index (χ3v) is 3.21. The first-order chi connectivity index (χ1) is 8.29. The summed E-state index contributed by atoms with van der Waals surface area (Å²) in [6.45, 7) is 6.17. The Morgan fingerprint density at radius 1 is 1.29 bits per heavy atom.